The maximum absolute atomic E-state index is 11.7. The zero-order valence-corrected chi connectivity index (χ0v) is 13.6. The molecule has 1 aliphatic rings. The number of ether oxygens (including phenoxy) is 2. The second-order valence-corrected chi connectivity index (χ2v) is 7.10. The predicted molar refractivity (Wildman–Crippen MR) is 77.8 cm³/mol. The molecular weight excluding hydrogens is 308 g/mol. The van der Waals surface area contributed by atoms with Gasteiger partial charge in [0.2, 0.25) is 0 Å². The van der Waals surface area contributed by atoms with E-state index in [4.69, 9.17) is 9.47 Å². The molecule has 0 radical (unpaired) electrons. The van der Waals surface area contributed by atoms with Crippen LogP contribution in [0, 0.1) is 0 Å². The van der Waals surface area contributed by atoms with Gasteiger partial charge in [-0.1, -0.05) is 13.8 Å². The van der Waals surface area contributed by atoms with Crippen molar-refractivity contribution in [3.05, 3.63) is 27.7 Å². The third-order valence-electron chi connectivity index (χ3n) is 3.44. The first-order valence-corrected chi connectivity index (χ1v) is 7.07. The highest BCUT2D eigenvalue weighted by Gasteiger charge is 2.40. The van der Waals surface area contributed by atoms with Crippen molar-refractivity contribution in [2.24, 2.45) is 0 Å². The lowest BCUT2D eigenvalue weighted by Crippen LogP contribution is -2.41. The second-order valence-electron chi connectivity index (χ2n) is 6.25. The molecule has 1 heterocycles. The molecule has 0 amide bonds. The molecule has 0 aromatic heterocycles. The topological polar surface area (TPSA) is 35.5 Å². The van der Waals surface area contributed by atoms with Crippen molar-refractivity contribution in [3.63, 3.8) is 0 Å². The van der Waals surface area contributed by atoms with E-state index >= 15 is 0 Å². The summed E-state index contributed by atoms with van der Waals surface area (Å²) in [5.41, 5.74) is 1.32. The fourth-order valence-corrected chi connectivity index (χ4v) is 3.45. The minimum atomic E-state index is -0.330. The van der Waals surface area contributed by atoms with Gasteiger partial charge in [0.1, 0.15) is 11.4 Å². The van der Waals surface area contributed by atoms with E-state index in [1.54, 1.807) is 6.07 Å². The van der Waals surface area contributed by atoms with Gasteiger partial charge in [0.05, 0.1) is 17.1 Å². The van der Waals surface area contributed by atoms with Gasteiger partial charge in [-0.3, -0.25) is 0 Å². The van der Waals surface area contributed by atoms with Crippen LogP contribution in [0.25, 0.3) is 0 Å². The zero-order chi connectivity index (χ0) is 14.4. The van der Waals surface area contributed by atoms with E-state index in [1.165, 1.54) is 7.11 Å². The van der Waals surface area contributed by atoms with Crippen molar-refractivity contribution in [1.82, 2.24) is 0 Å². The average molecular weight is 327 g/mol. The molecule has 0 saturated heterocycles. The molecule has 0 spiro atoms. The van der Waals surface area contributed by atoms with E-state index in [0.717, 1.165) is 22.2 Å². The third-order valence-corrected chi connectivity index (χ3v) is 4.03. The third kappa shape index (κ3) is 2.64. The van der Waals surface area contributed by atoms with Crippen molar-refractivity contribution in [1.29, 1.82) is 0 Å². The number of hydrogen-bond donors (Lipinski definition) is 0. The fourth-order valence-electron chi connectivity index (χ4n) is 2.91. The summed E-state index contributed by atoms with van der Waals surface area (Å²) in [6.07, 6.45) is 0.893. The molecule has 3 nitrogen and oxygen atoms in total. The van der Waals surface area contributed by atoms with Crippen LogP contribution < -0.4 is 4.74 Å². The molecule has 0 N–H and O–H groups in total. The summed E-state index contributed by atoms with van der Waals surface area (Å²) < 4.78 is 11.6. The number of halogens is 1. The lowest BCUT2D eigenvalue weighted by molar-refractivity contribution is 0.0519. The normalized spacial score (nSPS) is 19.3. The number of hydrogen-bond acceptors (Lipinski definition) is 3. The summed E-state index contributed by atoms with van der Waals surface area (Å²) >= 11 is 3.50. The minimum Gasteiger partial charge on any atom is -0.486 e. The number of fused-ring (bicyclic) bond motifs is 1. The monoisotopic (exact) mass is 326 g/mol. The zero-order valence-electron chi connectivity index (χ0n) is 12.0. The van der Waals surface area contributed by atoms with E-state index in [9.17, 15) is 4.79 Å². The summed E-state index contributed by atoms with van der Waals surface area (Å²) in [7, 11) is 1.39. The predicted octanol–water partition coefficient (Wildman–Crippen LogP) is 4.07. The Morgan fingerprint density at radius 3 is 2.53 bits per heavy atom. The van der Waals surface area contributed by atoms with E-state index < -0.39 is 0 Å². The van der Waals surface area contributed by atoms with Crippen LogP contribution in [-0.4, -0.2) is 18.7 Å². The summed E-state index contributed by atoms with van der Waals surface area (Å²) in [6.45, 7) is 8.50. The number of benzene rings is 1. The molecule has 4 heteroatoms. The first kappa shape index (κ1) is 14.4. The van der Waals surface area contributed by atoms with E-state index in [2.05, 4.69) is 43.6 Å². The minimum absolute atomic E-state index is 0.0519. The average Bonchev–Trinajstić information content (AvgIpc) is 2.27. The molecule has 19 heavy (non-hydrogen) atoms. The molecular formula is C15H19BrO3. The highest BCUT2D eigenvalue weighted by atomic mass is 79.9. The summed E-state index contributed by atoms with van der Waals surface area (Å²) in [4.78, 5) is 11.7. The van der Waals surface area contributed by atoms with Crippen molar-refractivity contribution in [2.75, 3.05) is 7.11 Å². The Bertz CT molecular complexity index is 532. The Kier molecular flexibility index (Phi) is 3.42. The largest absolute Gasteiger partial charge is 0.486 e. The number of esters is 1. The van der Waals surface area contributed by atoms with Crippen LogP contribution >= 0.6 is 15.9 Å². The smallest absolute Gasteiger partial charge is 0.337 e. The van der Waals surface area contributed by atoms with Crippen molar-refractivity contribution in [3.8, 4) is 5.75 Å². The quantitative estimate of drug-likeness (QED) is 0.729. The molecule has 0 fully saturated rings. The number of methoxy groups -OCH3 is 1. The van der Waals surface area contributed by atoms with Gasteiger partial charge in [-0.05, 0) is 53.7 Å². The molecule has 0 saturated carbocycles. The van der Waals surface area contributed by atoms with Crippen LogP contribution in [0.2, 0.25) is 0 Å². The van der Waals surface area contributed by atoms with E-state index in [0.29, 0.717) is 5.56 Å². The van der Waals surface area contributed by atoms with Crippen molar-refractivity contribution >= 4 is 21.9 Å². The molecule has 0 atom stereocenters. The molecule has 1 aromatic rings. The standard InChI is InChI=1S/C15H19BrO3/c1-14(2)8-15(3,4)19-12-10(14)6-9(7-11(12)16)13(17)18-5/h6-7H,8H2,1-5H3. The fraction of sp³-hybridized carbons (Fsp3) is 0.533. The van der Waals surface area contributed by atoms with Gasteiger partial charge in [0.15, 0.2) is 0 Å². The van der Waals surface area contributed by atoms with Gasteiger partial charge in [0, 0.05) is 5.56 Å². The van der Waals surface area contributed by atoms with E-state index in [1.807, 2.05) is 6.07 Å². The Morgan fingerprint density at radius 2 is 1.95 bits per heavy atom. The Hall–Kier alpha value is -1.03. The summed E-state index contributed by atoms with van der Waals surface area (Å²) in [5.74, 6) is 0.498. The van der Waals surface area contributed by atoms with Crippen LogP contribution in [0.4, 0.5) is 0 Å². The number of carbonyl (C=O) groups excluding carboxylic acids is 1. The van der Waals surface area contributed by atoms with Crippen molar-refractivity contribution < 1.29 is 14.3 Å². The Balaban J connectivity index is 2.61. The van der Waals surface area contributed by atoms with Gasteiger partial charge < -0.3 is 9.47 Å². The summed E-state index contributed by atoms with van der Waals surface area (Å²) in [6, 6.07) is 3.63. The van der Waals surface area contributed by atoms with Gasteiger partial charge in [-0.2, -0.15) is 0 Å². The molecule has 2 rings (SSSR count). The van der Waals surface area contributed by atoms with Gasteiger partial charge in [0.25, 0.3) is 0 Å². The summed E-state index contributed by atoms with van der Waals surface area (Å²) in [5, 5.41) is 0. The first-order valence-electron chi connectivity index (χ1n) is 6.28. The lowest BCUT2D eigenvalue weighted by atomic mass is 9.73. The van der Waals surface area contributed by atoms with Crippen LogP contribution in [0.5, 0.6) is 5.75 Å². The van der Waals surface area contributed by atoms with Gasteiger partial charge in [-0.25, -0.2) is 4.79 Å². The highest BCUT2D eigenvalue weighted by molar-refractivity contribution is 9.10. The highest BCUT2D eigenvalue weighted by Crippen LogP contribution is 2.48. The molecule has 0 bridgehead atoms. The lowest BCUT2D eigenvalue weighted by Gasteiger charge is -2.43. The number of rotatable bonds is 1. The molecule has 0 aliphatic carbocycles. The second kappa shape index (κ2) is 4.51. The van der Waals surface area contributed by atoms with Crippen LogP contribution in [0.3, 0.4) is 0 Å². The molecule has 1 aromatic carbocycles. The SMILES string of the molecule is COC(=O)c1cc(Br)c2c(c1)C(C)(C)CC(C)(C)O2. The van der Waals surface area contributed by atoms with E-state index in [-0.39, 0.29) is 17.0 Å². The molecule has 0 unspecified atom stereocenters. The maximum atomic E-state index is 11.7. The van der Waals surface area contributed by atoms with Crippen molar-refractivity contribution in [2.45, 2.75) is 45.1 Å². The van der Waals surface area contributed by atoms with Crippen LogP contribution in [-0.2, 0) is 10.2 Å². The van der Waals surface area contributed by atoms with Gasteiger partial charge in [-0.15, -0.1) is 0 Å². The maximum Gasteiger partial charge on any atom is 0.337 e. The Labute approximate surface area is 122 Å². The van der Waals surface area contributed by atoms with Gasteiger partial charge >= 0.3 is 5.97 Å². The van der Waals surface area contributed by atoms with Crippen LogP contribution in [0.1, 0.15) is 50.0 Å². The Morgan fingerprint density at radius 1 is 1.32 bits per heavy atom. The molecule has 1 aliphatic heterocycles. The van der Waals surface area contributed by atoms with Crippen LogP contribution in [0.15, 0.2) is 16.6 Å². The molecule has 104 valence electrons. The number of carbonyl (C=O) groups is 1. The first-order chi connectivity index (χ1) is 8.66.